The molecule has 1 amide bonds. The number of hydrogen-bond donors (Lipinski definition) is 1. The molecule has 0 radical (unpaired) electrons. The second-order valence-corrected chi connectivity index (χ2v) is 9.27. The van der Waals surface area contributed by atoms with Crippen LogP contribution >= 0.6 is 0 Å². The highest BCUT2D eigenvalue weighted by molar-refractivity contribution is 6.06. The SMILES string of the molecule is COc1ccc(C(CNC(=O)c2cc(C3CC3)nc3c2c(C)nn3C)N2CCOCC2)cc1OC. The van der Waals surface area contributed by atoms with E-state index in [4.69, 9.17) is 19.2 Å². The zero-order valence-electron chi connectivity index (χ0n) is 20.8. The van der Waals surface area contributed by atoms with Gasteiger partial charge in [-0.1, -0.05) is 6.07 Å². The van der Waals surface area contributed by atoms with Gasteiger partial charge in [0.25, 0.3) is 5.91 Å². The predicted molar refractivity (Wildman–Crippen MR) is 132 cm³/mol. The number of nitrogens with one attached hydrogen (secondary N) is 1. The molecule has 2 fully saturated rings. The minimum absolute atomic E-state index is 0.0297. The van der Waals surface area contributed by atoms with Crippen LogP contribution in [0.2, 0.25) is 0 Å². The van der Waals surface area contributed by atoms with Gasteiger partial charge in [0.05, 0.1) is 50.1 Å². The molecule has 1 aliphatic carbocycles. The molecule has 9 nitrogen and oxygen atoms in total. The van der Waals surface area contributed by atoms with E-state index in [0.29, 0.717) is 42.7 Å². The number of fused-ring (bicyclic) bond motifs is 1. The van der Waals surface area contributed by atoms with Crippen LogP contribution in [0.25, 0.3) is 11.0 Å². The van der Waals surface area contributed by atoms with E-state index in [1.807, 2.05) is 38.2 Å². The Hall–Kier alpha value is -3.17. The molecule has 2 aromatic heterocycles. The summed E-state index contributed by atoms with van der Waals surface area (Å²) < 4.78 is 18.3. The summed E-state index contributed by atoms with van der Waals surface area (Å²) in [4.78, 5) is 20.8. The lowest BCUT2D eigenvalue weighted by molar-refractivity contribution is 0.0162. The Bertz CT molecular complexity index is 1230. The molecule has 1 atom stereocenters. The summed E-state index contributed by atoms with van der Waals surface area (Å²) in [6.07, 6.45) is 2.24. The maximum atomic E-state index is 13.6. The van der Waals surface area contributed by atoms with E-state index in [2.05, 4.69) is 15.3 Å². The van der Waals surface area contributed by atoms with Crippen LogP contribution in [-0.2, 0) is 11.8 Å². The monoisotopic (exact) mass is 479 g/mol. The second kappa shape index (κ2) is 9.83. The summed E-state index contributed by atoms with van der Waals surface area (Å²) in [6.45, 7) is 5.31. The van der Waals surface area contributed by atoms with Gasteiger partial charge in [0.1, 0.15) is 0 Å². The Morgan fingerprint density at radius 3 is 2.60 bits per heavy atom. The Morgan fingerprint density at radius 1 is 1.17 bits per heavy atom. The third-order valence-corrected chi connectivity index (χ3v) is 6.96. The standard InChI is InChI=1S/C26H33N5O4/c1-16-24-19(14-20(17-5-6-17)28-25(24)30(2)29-16)26(32)27-15-21(31-9-11-35-12-10-31)18-7-8-22(33-3)23(13-18)34-4/h7-8,13-14,17,21H,5-6,9-12,15H2,1-4H3,(H,27,32). The normalized spacial score (nSPS) is 17.4. The summed E-state index contributed by atoms with van der Waals surface area (Å²) in [5.41, 5.74) is 4.26. The molecular formula is C26H33N5O4. The largest absolute Gasteiger partial charge is 0.493 e. The van der Waals surface area contributed by atoms with E-state index in [1.165, 1.54) is 0 Å². The third kappa shape index (κ3) is 4.70. The summed E-state index contributed by atoms with van der Waals surface area (Å²) in [7, 11) is 5.14. The molecule has 1 aliphatic heterocycles. The third-order valence-electron chi connectivity index (χ3n) is 6.96. The molecule has 0 spiro atoms. The number of hydrogen-bond acceptors (Lipinski definition) is 7. The fourth-order valence-corrected chi connectivity index (χ4v) is 4.92. The van der Waals surface area contributed by atoms with Crippen molar-refractivity contribution in [3.05, 3.63) is 46.8 Å². The number of pyridine rings is 1. The number of morpholine rings is 1. The molecule has 3 aromatic rings. The number of aryl methyl sites for hydroxylation is 2. The lowest BCUT2D eigenvalue weighted by Gasteiger charge is -2.35. The summed E-state index contributed by atoms with van der Waals surface area (Å²) in [5.74, 6) is 1.69. The van der Waals surface area contributed by atoms with Gasteiger partial charge in [-0.3, -0.25) is 14.4 Å². The van der Waals surface area contributed by atoms with E-state index in [1.54, 1.807) is 18.9 Å². The lowest BCUT2D eigenvalue weighted by atomic mass is 10.0. The van der Waals surface area contributed by atoms with Gasteiger partial charge in [-0.25, -0.2) is 4.98 Å². The molecule has 186 valence electrons. The van der Waals surface area contributed by atoms with Crippen LogP contribution in [0.15, 0.2) is 24.3 Å². The number of carbonyl (C=O) groups excluding carboxylic acids is 1. The van der Waals surface area contributed by atoms with Crippen molar-refractivity contribution < 1.29 is 19.0 Å². The number of methoxy groups -OCH3 is 2. The van der Waals surface area contributed by atoms with Gasteiger partial charge in [-0.2, -0.15) is 5.10 Å². The first-order valence-corrected chi connectivity index (χ1v) is 12.2. The first-order valence-electron chi connectivity index (χ1n) is 12.2. The second-order valence-electron chi connectivity index (χ2n) is 9.27. The average Bonchev–Trinajstić information content (AvgIpc) is 3.69. The number of rotatable bonds is 8. The van der Waals surface area contributed by atoms with Crippen molar-refractivity contribution in [3.63, 3.8) is 0 Å². The maximum absolute atomic E-state index is 13.6. The average molecular weight is 480 g/mol. The molecule has 5 rings (SSSR count). The van der Waals surface area contributed by atoms with E-state index in [0.717, 1.165) is 53.9 Å². The van der Waals surface area contributed by atoms with Gasteiger partial charge >= 0.3 is 0 Å². The van der Waals surface area contributed by atoms with E-state index in [-0.39, 0.29) is 11.9 Å². The highest BCUT2D eigenvalue weighted by Gasteiger charge is 2.29. The molecule has 1 saturated carbocycles. The quantitative estimate of drug-likeness (QED) is 0.531. The predicted octanol–water partition coefficient (Wildman–Crippen LogP) is 2.97. The van der Waals surface area contributed by atoms with E-state index < -0.39 is 0 Å². The fraction of sp³-hybridized carbons (Fsp3) is 0.500. The van der Waals surface area contributed by atoms with Crippen molar-refractivity contribution in [2.24, 2.45) is 7.05 Å². The lowest BCUT2D eigenvalue weighted by Crippen LogP contribution is -2.43. The van der Waals surface area contributed by atoms with Crippen molar-refractivity contribution >= 4 is 16.9 Å². The van der Waals surface area contributed by atoms with Crippen LogP contribution in [-0.4, -0.2) is 72.6 Å². The number of aromatic nitrogens is 3. The van der Waals surface area contributed by atoms with Crippen LogP contribution in [0, 0.1) is 6.92 Å². The number of nitrogens with zero attached hydrogens (tertiary/aromatic N) is 4. The Kier molecular flexibility index (Phi) is 6.62. The molecule has 2 aliphatic rings. The fourth-order valence-electron chi connectivity index (χ4n) is 4.92. The van der Waals surface area contributed by atoms with Gasteiger partial charge in [0.15, 0.2) is 17.1 Å². The Balaban J connectivity index is 1.44. The van der Waals surface area contributed by atoms with Gasteiger partial charge < -0.3 is 19.5 Å². The smallest absolute Gasteiger partial charge is 0.252 e. The summed E-state index contributed by atoms with van der Waals surface area (Å²) in [6, 6.07) is 7.87. The van der Waals surface area contributed by atoms with Crippen molar-refractivity contribution in [2.75, 3.05) is 47.1 Å². The van der Waals surface area contributed by atoms with Crippen LogP contribution in [0.4, 0.5) is 0 Å². The molecule has 1 N–H and O–H groups in total. The zero-order valence-corrected chi connectivity index (χ0v) is 20.8. The highest BCUT2D eigenvalue weighted by atomic mass is 16.5. The number of amides is 1. The Labute approximate surface area is 205 Å². The minimum atomic E-state index is -0.103. The minimum Gasteiger partial charge on any atom is -0.493 e. The molecule has 9 heteroatoms. The molecule has 1 unspecified atom stereocenters. The summed E-state index contributed by atoms with van der Waals surface area (Å²) >= 11 is 0. The van der Waals surface area contributed by atoms with E-state index in [9.17, 15) is 4.79 Å². The Morgan fingerprint density at radius 2 is 1.91 bits per heavy atom. The topological polar surface area (TPSA) is 90.7 Å². The van der Waals surface area contributed by atoms with Crippen molar-refractivity contribution in [1.29, 1.82) is 0 Å². The first-order chi connectivity index (χ1) is 17.0. The summed E-state index contributed by atoms with van der Waals surface area (Å²) in [5, 5.41) is 8.57. The first kappa shape index (κ1) is 23.6. The van der Waals surface area contributed by atoms with Crippen LogP contribution < -0.4 is 14.8 Å². The van der Waals surface area contributed by atoms with Gasteiger partial charge in [0, 0.05) is 38.3 Å². The molecule has 3 heterocycles. The molecule has 1 aromatic carbocycles. The highest BCUT2D eigenvalue weighted by Crippen LogP contribution is 2.40. The number of ether oxygens (including phenoxy) is 3. The molecule has 35 heavy (non-hydrogen) atoms. The van der Waals surface area contributed by atoms with Crippen LogP contribution in [0.1, 0.15) is 52.1 Å². The molecule has 1 saturated heterocycles. The van der Waals surface area contributed by atoms with Crippen molar-refractivity contribution in [2.45, 2.75) is 31.7 Å². The number of benzene rings is 1. The maximum Gasteiger partial charge on any atom is 0.252 e. The zero-order chi connectivity index (χ0) is 24.5. The molecule has 0 bridgehead atoms. The molecular weight excluding hydrogens is 446 g/mol. The number of carbonyl (C=O) groups is 1. The van der Waals surface area contributed by atoms with Crippen molar-refractivity contribution in [1.82, 2.24) is 25.0 Å². The van der Waals surface area contributed by atoms with Gasteiger partial charge in [0.2, 0.25) is 0 Å². The van der Waals surface area contributed by atoms with Crippen LogP contribution in [0.5, 0.6) is 11.5 Å². The van der Waals surface area contributed by atoms with Gasteiger partial charge in [-0.15, -0.1) is 0 Å². The van der Waals surface area contributed by atoms with Gasteiger partial charge in [-0.05, 0) is 43.5 Å². The van der Waals surface area contributed by atoms with Crippen molar-refractivity contribution in [3.8, 4) is 11.5 Å². The van der Waals surface area contributed by atoms with Crippen LogP contribution in [0.3, 0.4) is 0 Å². The van der Waals surface area contributed by atoms with E-state index >= 15 is 0 Å².